The number of benzene rings is 1. The Kier molecular flexibility index (Phi) is 5.21. The van der Waals surface area contributed by atoms with Gasteiger partial charge in [0.2, 0.25) is 11.8 Å². The van der Waals surface area contributed by atoms with Crippen molar-refractivity contribution in [3.8, 4) is 0 Å². The van der Waals surface area contributed by atoms with E-state index in [1.807, 2.05) is 0 Å². The summed E-state index contributed by atoms with van der Waals surface area (Å²) in [5.41, 5.74) is 1.39. The molecule has 11 nitrogen and oxygen atoms in total. The largest absolute Gasteiger partial charge is 0.347 e. The van der Waals surface area contributed by atoms with Gasteiger partial charge in [-0.3, -0.25) is 4.68 Å². The summed E-state index contributed by atoms with van der Waals surface area (Å²) in [5.74, 6) is -1.99. The molecule has 4 aromatic rings. The predicted octanol–water partition coefficient (Wildman–Crippen LogP) is 1.64. The van der Waals surface area contributed by atoms with Crippen molar-refractivity contribution >= 4 is 34.5 Å². The Balaban J connectivity index is 1.43. The Bertz CT molecular complexity index is 2110. The highest BCUT2D eigenvalue weighted by Crippen LogP contribution is 2.21. The van der Waals surface area contributed by atoms with Gasteiger partial charge in [0, 0.05) is 79.5 Å². The molecule has 216 valence electrons. The van der Waals surface area contributed by atoms with Crippen LogP contribution >= 0.6 is 0 Å². The molecule has 1 saturated heterocycles. The van der Waals surface area contributed by atoms with Gasteiger partial charge in [-0.15, -0.1) is 0 Å². The van der Waals surface area contributed by atoms with Gasteiger partial charge in [0.1, 0.15) is 16.8 Å². The van der Waals surface area contributed by atoms with E-state index in [2.05, 4.69) is 29.5 Å². The van der Waals surface area contributed by atoms with Crippen LogP contribution in [0.4, 0.5) is 16.2 Å². The zero-order chi connectivity index (χ0) is 36.6. The minimum atomic E-state index is -3.32. The number of aromatic nitrogens is 7. The van der Waals surface area contributed by atoms with Gasteiger partial charge in [0.15, 0.2) is 12.5 Å². The highest BCUT2D eigenvalue weighted by Gasteiger charge is 2.28. The minimum Gasteiger partial charge on any atom is -0.347 e. The van der Waals surface area contributed by atoms with Crippen LogP contribution in [0.5, 0.6) is 0 Å². The van der Waals surface area contributed by atoms with Crippen LogP contribution in [0, 0.1) is 12.0 Å². The van der Waals surface area contributed by atoms with E-state index in [9.17, 15) is 8.60 Å². The fraction of sp³-hybridized carbons (Fsp3) is 0.345. The van der Waals surface area contributed by atoms with Crippen molar-refractivity contribution in [2.45, 2.75) is 31.4 Å². The summed E-state index contributed by atoms with van der Waals surface area (Å²) in [7, 11) is -0.0439. The van der Waals surface area contributed by atoms with Crippen molar-refractivity contribution in [1.29, 1.82) is 0 Å². The van der Waals surface area contributed by atoms with E-state index < -0.39 is 59.4 Å². The van der Waals surface area contributed by atoms with E-state index in [-0.39, 0.29) is 27.3 Å². The van der Waals surface area contributed by atoms with Crippen molar-refractivity contribution in [2.75, 3.05) is 35.8 Å². The lowest BCUT2D eigenvalue weighted by Crippen LogP contribution is -2.51. The molecule has 0 bridgehead atoms. The van der Waals surface area contributed by atoms with E-state index in [4.69, 9.17) is 11.0 Å². The second-order valence-electron chi connectivity index (χ2n) is 10.4. The fourth-order valence-corrected chi connectivity index (χ4v) is 4.74. The van der Waals surface area contributed by atoms with Crippen molar-refractivity contribution in [2.24, 2.45) is 11.4 Å². The third-order valence-electron chi connectivity index (χ3n) is 6.27. The summed E-state index contributed by atoms with van der Waals surface area (Å²) in [5, 5.41) is 8.45. The molecule has 2 atom stereocenters. The molecule has 1 unspecified atom stereocenters. The van der Waals surface area contributed by atoms with Crippen LogP contribution in [-0.4, -0.2) is 70.5 Å². The zero-order valence-electron chi connectivity index (χ0n) is 31.1. The second kappa shape index (κ2) is 11.1. The maximum Gasteiger partial charge on any atom is 0.277 e. The molecule has 0 N–H and O–H groups in total. The molecule has 42 heavy (non-hydrogen) atoms. The van der Waals surface area contributed by atoms with Crippen LogP contribution in [0.1, 0.15) is 54.3 Å². The van der Waals surface area contributed by atoms with Gasteiger partial charge in [0.25, 0.3) is 5.35 Å². The maximum absolute atomic E-state index is 13.7. The van der Waals surface area contributed by atoms with Gasteiger partial charge in [-0.25, -0.2) is 23.6 Å². The first-order valence-electron chi connectivity index (χ1n) is 16.8. The second-order valence-corrected chi connectivity index (χ2v) is 12.3. The molecular weight excluding hydrogens is 555 g/mol. The number of piperazine rings is 1. The molecule has 2 aliphatic heterocycles. The molecule has 1 aromatic carbocycles. The zero-order valence-corrected chi connectivity index (χ0v) is 23.9. The summed E-state index contributed by atoms with van der Waals surface area (Å²) < 4.78 is 105. The summed E-state index contributed by atoms with van der Waals surface area (Å²) in [6.07, 6.45) is 10.0. The van der Waals surface area contributed by atoms with E-state index in [1.54, 1.807) is 57.2 Å². The average Bonchev–Trinajstić information content (AvgIpc) is 3.66. The van der Waals surface area contributed by atoms with Crippen LogP contribution in [0.2, 0.25) is 0 Å². The molecule has 5 heterocycles. The summed E-state index contributed by atoms with van der Waals surface area (Å²) in [6.45, 7) is -8.09. The standard InChI is InChI=1S/C29H32FN10OS/c1-29(2,3)42(41)36-26(20-5-7-24(30)8-6-20)22-14-31-28(32-15-22)39-11-9-38(10-12-39)27-25-13-21(18-40(25)35-19-33-27)23-16-34-37(4)17-23/h5-8,13-19,21H,9-12H2,1-4H3/q+1/b36-26-/t21?,42-/m0/s1/i9D2,10D2,11D2,12D2. The molecule has 0 radical (unpaired) electrons. The highest BCUT2D eigenvalue weighted by atomic mass is 32.2. The number of hydrogen-bond acceptors (Lipinski definition) is 8. The van der Waals surface area contributed by atoms with Crippen LogP contribution in [-0.2, 0) is 18.0 Å². The Hall–Kier alpha value is -4.39. The number of aryl methyl sites for hydroxylation is 1. The molecule has 6 rings (SSSR count). The molecule has 13 heteroatoms. The lowest BCUT2D eigenvalue weighted by Gasteiger charge is -2.34. The predicted molar refractivity (Wildman–Crippen MR) is 158 cm³/mol. The molecule has 1 fully saturated rings. The van der Waals surface area contributed by atoms with Crippen LogP contribution < -0.4 is 19.5 Å². The quantitative estimate of drug-likeness (QED) is 0.244. The molecule has 0 amide bonds. The van der Waals surface area contributed by atoms with Crippen molar-refractivity contribution in [3.63, 3.8) is 0 Å². The highest BCUT2D eigenvalue weighted by molar-refractivity contribution is 7.85. The first kappa shape index (κ1) is 19.7. The Morgan fingerprint density at radius 2 is 1.74 bits per heavy atom. The van der Waals surface area contributed by atoms with Crippen molar-refractivity contribution in [1.82, 2.24) is 29.8 Å². The van der Waals surface area contributed by atoms with E-state index in [1.165, 1.54) is 28.6 Å². The Morgan fingerprint density at radius 3 is 2.38 bits per heavy atom. The SMILES string of the molecule is [2H]C1([2H])N(c2ncc(/C(=N\[S@@](=O)C(C)(C)C)c3ccc(F)cc3)cn2)C([2H])([2H])C([2H])([2H])N(c2ncn[n+]3c2=CC(c2cnn(C)c2)C=3)C1([2H])[2H]. The Labute approximate surface area is 256 Å². The molecule has 0 saturated carbocycles. The third-order valence-corrected chi connectivity index (χ3v) is 7.66. The number of anilines is 2. The van der Waals surface area contributed by atoms with Gasteiger partial charge >= 0.3 is 0 Å². The van der Waals surface area contributed by atoms with E-state index in [0.717, 1.165) is 24.3 Å². The van der Waals surface area contributed by atoms with Gasteiger partial charge in [0.05, 0.1) is 33.5 Å². The molecule has 0 spiro atoms. The number of rotatable bonds is 6. The Morgan fingerprint density at radius 1 is 1.05 bits per heavy atom. The van der Waals surface area contributed by atoms with Gasteiger partial charge < -0.3 is 9.80 Å². The van der Waals surface area contributed by atoms with Gasteiger partial charge in [-0.2, -0.15) is 9.50 Å². The van der Waals surface area contributed by atoms with Crippen LogP contribution in [0.3, 0.4) is 0 Å². The maximum atomic E-state index is 13.7. The summed E-state index contributed by atoms with van der Waals surface area (Å²) >= 11 is 0. The van der Waals surface area contributed by atoms with Gasteiger partial charge in [-0.1, -0.05) is 4.36 Å². The number of halogens is 1. The lowest BCUT2D eigenvalue weighted by atomic mass is 10.1. The average molecular weight is 596 g/mol. The summed E-state index contributed by atoms with van der Waals surface area (Å²) in [6, 6.07) is 5.20. The lowest BCUT2D eigenvalue weighted by molar-refractivity contribution is -0.589. The number of fused-ring (bicyclic) bond motifs is 1. The topological polar surface area (TPSA) is 111 Å². The van der Waals surface area contributed by atoms with Crippen molar-refractivity contribution < 1.29 is 23.9 Å². The smallest absolute Gasteiger partial charge is 0.277 e. The normalized spacial score (nSPS) is 25.5. The van der Waals surface area contributed by atoms with Crippen LogP contribution in [0.15, 0.2) is 59.8 Å². The number of nitrogens with zero attached hydrogens (tertiary/aromatic N) is 10. The van der Waals surface area contributed by atoms with Crippen LogP contribution in [0.25, 0.3) is 6.08 Å². The monoisotopic (exact) mass is 595 g/mol. The van der Waals surface area contributed by atoms with Gasteiger partial charge in [-0.05, 0) is 45.0 Å². The van der Waals surface area contributed by atoms with E-state index >= 15 is 0 Å². The molecule has 2 aliphatic rings. The van der Waals surface area contributed by atoms with E-state index in [0.29, 0.717) is 10.5 Å². The molecular formula is C29H32FN10OS+. The molecule has 3 aromatic heterocycles. The summed E-state index contributed by atoms with van der Waals surface area (Å²) in [4.78, 5) is 13.0. The number of hydrogen-bond donors (Lipinski definition) is 0. The first-order chi connectivity index (χ1) is 23.2. The first-order valence-corrected chi connectivity index (χ1v) is 13.9. The third kappa shape index (κ3) is 5.69. The fourth-order valence-electron chi connectivity index (χ4n) is 4.09. The minimum absolute atomic E-state index is 0.110. The van der Waals surface area contributed by atoms with Crippen molar-refractivity contribution in [3.05, 3.63) is 89.5 Å². The molecule has 0 aliphatic carbocycles.